The molecule has 0 aliphatic rings. The number of hydrogen-bond donors (Lipinski definition) is 2. The number of nitrogens with two attached hydrogens (primary N) is 1. The number of anilines is 1. The van der Waals surface area contributed by atoms with Gasteiger partial charge in [-0.3, -0.25) is 4.79 Å². The molecule has 0 unspecified atom stereocenters. The van der Waals surface area contributed by atoms with Crippen LogP contribution in [0.1, 0.15) is 26.3 Å². The summed E-state index contributed by atoms with van der Waals surface area (Å²) in [7, 11) is 1.35. The first kappa shape index (κ1) is 14.6. The van der Waals surface area contributed by atoms with Crippen molar-refractivity contribution in [3.05, 3.63) is 65.2 Å². The van der Waals surface area contributed by atoms with Gasteiger partial charge in [0.1, 0.15) is 0 Å². The standard InChI is InChI=1S/C16H16N2O3/c1-21-16(20)14-8-3-2-5-12(14)10-18-13-7-4-6-11(9-13)15(17)19/h2-9,18H,10H2,1H3,(H2,17,19). The second kappa shape index (κ2) is 6.56. The Hall–Kier alpha value is -2.82. The molecule has 0 aromatic heterocycles. The van der Waals surface area contributed by atoms with Crippen molar-refractivity contribution in [3.8, 4) is 0 Å². The van der Waals surface area contributed by atoms with Gasteiger partial charge in [-0.05, 0) is 29.8 Å². The molecule has 3 N–H and O–H groups in total. The summed E-state index contributed by atoms with van der Waals surface area (Å²) in [4.78, 5) is 22.8. The molecule has 0 heterocycles. The van der Waals surface area contributed by atoms with Gasteiger partial charge in [-0.25, -0.2) is 4.79 Å². The van der Waals surface area contributed by atoms with Crippen LogP contribution in [0, 0.1) is 0 Å². The molecule has 0 saturated carbocycles. The summed E-state index contributed by atoms with van der Waals surface area (Å²) >= 11 is 0. The summed E-state index contributed by atoms with van der Waals surface area (Å²) in [5, 5.41) is 3.16. The van der Waals surface area contributed by atoms with E-state index < -0.39 is 5.91 Å². The van der Waals surface area contributed by atoms with E-state index in [0.29, 0.717) is 17.7 Å². The van der Waals surface area contributed by atoms with Gasteiger partial charge in [0.15, 0.2) is 0 Å². The first-order valence-corrected chi connectivity index (χ1v) is 6.42. The van der Waals surface area contributed by atoms with Crippen molar-refractivity contribution in [2.45, 2.75) is 6.54 Å². The van der Waals surface area contributed by atoms with Crippen molar-refractivity contribution in [3.63, 3.8) is 0 Å². The van der Waals surface area contributed by atoms with Crippen LogP contribution in [0.3, 0.4) is 0 Å². The van der Waals surface area contributed by atoms with E-state index in [1.165, 1.54) is 7.11 Å². The summed E-state index contributed by atoms with van der Waals surface area (Å²) in [6.45, 7) is 0.438. The van der Waals surface area contributed by atoms with E-state index >= 15 is 0 Å². The van der Waals surface area contributed by atoms with Crippen LogP contribution in [0.4, 0.5) is 5.69 Å². The van der Waals surface area contributed by atoms with Crippen LogP contribution < -0.4 is 11.1 Å². The molecule has 0 bridgehead atoms. The van der Waals surface area contributed by atoms with Crippen molar-refractivity contribution < 1.29 is 14.3 Å². The second-order valence-corrected chi connectivity index (χ2v) is 4.45. The number of hydrogen-bond acceptors (Lipinski definition) is 4. The zero-order valence-corrected chi connectivity index (χ0v) is 11.6. The predicted octanol–water partition coefficient (Wildman–Crippen LogP) is 2.18. The minimum absolute atomic E-state index is 0.377. The average molecular weight is 284 g/mol. The van der Waals surface area contributed by atoms with Crippen LogP contribution in [0.5, 0.6) is 0 Å². The number of carbonyl (C=O) groups is 2. The molecule has 0 aliphatic heterocycles. The van der Waals surface area contributed by atoms with Crippen molar-refractivity contribution >= 4 is 17.6 Å². The Kier molecular flexibility index (Phi) is 4.56. The number of rotatable bonds is 5. The highest BCUT2D eigenvalue weighted by Gasteiger charge is 2.10. The fourth-order valence-corrected chi connectivity index (χ4v) is 1.96. The summed E-state index contributed by atoms with van der Waals surface area (Å²) < 4.78 is 4.75. The van der Waals surface area contributed by atoms with Crippen LogP contribution >= 0.6 is 0 Å². The van der Waals surface area contributed by atoms with Crippen molar-refractivity contribution in [2.24, 2.45) is 5.73 Å². The third-order valence-electron chi connectivity index (χ3n) is 3.05. The van der Waals surface area contributed by atoms with Crippen LogP contribution in [0.2, 0.25) is 0 Å². The lowest BCUT2D eigenvalue weighted by Gasteiger charge is -2.10. The van der Waals surface area contributed by atoms with Crippen molar-refractivity contribution in [1.82, 2.24) is 0 Å². The van der Waals surface area contributed by atoms with Crippen LogP contribution in [-0.4, -0.2) is 19.0 Å². The van der Waals surface area contributed by atoms with E-state index in [4.69, 9.17) is 10.5 Å². The fourth-order valence-electron chi connectivity index (χ4n) is 1.96. The number of primary amides is 1. The monoisotopic (exact) mass is 284 g/mol. The lowest BCUT2D eigenvalue weighted by molar-refractivity contribution is 0.0599. The molecule has 5 nitrogen and oxygen atoms in total. The van der Waals surface area contributed by atoms with E-state index in [9.17, 15) is 9.59 Å². The molecule has 2 aromatic rings. The largest absolute Gasteiger partial charge is 0.465 e. The van der Waals surface area contributed by atoms with Crippen LogP contribution in [0.25, 0.3) is 0 Å². The number of ether oxygens (including phenoxy) is 1. The molecule has 0 aliphatic carbocycles. The Morgan fingerprint density at radius 1 is 1.14 bits per heavy atom. The van der Waals surface area contributed by atoms with Gasteiger partial charge in [-0.15, -0.1) is 0 Å². The van der Waals surface area contributed by atoms with Gasteiger partial charge >= 0.3 is 5.97 Å². The molecule has 108 valence electrons. The van der Waals surface area contributed by atoms with Gasteiger partial charge in [0, 0.05) is 17.8 Å². The zero-order chi connectivity index (χ0) is 15.2. The first-order valence-electron chi connectivity index (χ1n) is 6.42. The average Bonchev–Trinajstić information content (AvgIpc) is 2.52. The number of nitrogens with one attached hydrogen (secondary N) is 1. The molecule has 0 saturated heterocycles. The zero-order valence-electron chi connectivity index (χ0n) is 11.6. The first-order chi connectivity index (χ1) is 10.1. The molecule has 5 heteroatoms. The summed E-state index contributed by atoms with van der Waals surface area (Å²) in [6, 6.07) is 14.1. The van der Waals surface area contributed by atoms with E-state index in [0.717, 1.165) is 11.3 Å². The highest BCUT2D eigenvalue weighted by molar-refractivity contribution is 5.93. The smallest absolute Gasteiger partial charge is 0.338 e. The summed E-state index contributed by atoms with van der Waals surface area (Å²) in [5.41, 5.74) is 7.76. The minimum atomic E-state index is -0.478. The Morgan fingerprint density at radius 3 is 2.62 bits per heavy atom. The molecular formula is C16H16N2O3. The second-order valence-electron chi connectivity index (χ2n) is 4.45. The van der Waals surface area contributed by atoms with Crippen molar-refractivity contribution in [2.75, 3.05) is 12.4 Å². The number of amides is 1. The highest BCUT2D eigenvalue weighted by Crippen LogP contribution is 2.15. The Labute approximate surface area is 122 Å². The Bertz CT molecular complexity index is 668. The van der Waals surface area contributed by atoms with Gasteiger partial charge in [0.2, 0.25) is 5.91 Å². The van der Waals surface area contributed by atoms with Gasteiger partial charge in [0.05, 0.1) is 12.7 Å². The molecule has 0 spiro atoms. The third kappa shape index (κ3) is 3.60. The maximum absolute atomic E-state index is 11.7. The van der Waals surface area contributed by atoms with Crippen molar-refractivity contribution in [1.29, 1.82) is 0 Å². The lowest BCUT2D eigenvalue weighted by atomic mass is 10.1. The number of esters is 1. The van der Waals surface area contributed by atoms with E-state index in [1.807, 2.05) is 18.2 Å². The molecule has 21 heavy (non-hydrogen) atoms. The lowest BCUT2D eigenvalue weighted by Crippen LogP contribution is -2.12. The molecule has 2 aromatic carbocycles. The normalized spacial score (nSPS) is 9.95. The van der Waals surface area contributed by atoms with E-state index in [-0.39, 0.29) is 5.97 Å². The minimum Gasteiger partial charge on any atom is -0.465 e. The molecular weight excluding hydrogens is 268 g/mol. The predicted molar refractivity (Wildman–Crippen MR) is 80.1 cm³/mol. The third-order valence-corrected chi connectivity index (χ3v) is 3.05. The quantitative estimate of drug-likeness (QED) is 0.825. The maximum atomic E-state index is 11.7. The summed E-state index contributed by atoms with van der Waals surface area (Å²) in [6.07, 6.45) is 0. The van der Waals surface area contributed by atoms with Gasteiger partial charge in [0.25, 0.3) is 0 Å². The van der Waals surface area contributed by atoms with Gasteiger partial charge in [-0.1, -0.05) is 24.3 Å². The number of methoxy groups -OCH3 is 1. The van der Waals surface area contributed by atoms with Gasteiger partial charge in [-0.2, -0.15) is 0 Å². The molecule has 0 radical (unpaired) electrons. The number of benzene rings is 2. The topological polar surface area (TPSA) is 81.4 Å². The summed E-state index contributed by atoms with van der Waals surface area (Å²) in [5.74, 6) is -0.855. The van der Waals surface area contributed by atoms with Crippen LogP contribution in [0.15, 0.2) is 48.5 Å². The highest BCUT2D eigenvalue weighted by atomic mass is 16.5. The maximum Gasteiger partial charge on any atom is 0.338 e. The van der Waals surface area contributed by atoms with Crippen LogP contribution in [-0.2, 0) is 11.3 Å². The van der Waals surface area contributed by atoms with Gasteiger partial charge < -0.3 is 15.8 Å². The SMILES string of the molecule is COC(=O)c1ccccc1CNc1cccc(C(N)=O)c1. The molecule has 0 fully saturated rings. The van der Waals surface area contributed by atoms with E-state index in [1.54, 1.807) is 30.3 Å². The number of carbonyl (C=O) groups excluding carboxylic acids is 2. The van der Waals surface area contributed by atoms with E-state index in [2.05, 4.69) is 5.32 Å². The molecule has 0 atom stereocenters. The molecule has 1 amide bonds. The molecule has 2 rings (SSSR count). The Morgan fingerprint density at radius 2 is 1.90 bits per heavy atom. The Balaban J connectivity index is 2.15. The fraction of sp³-hybridized carbons (Fsp3) is 0.125.